The number of para-hydroxylation sites is 1. The molecule has 0 radical (unpaired) electrons. The first-order chi connectivity index (χ1) is 7.22. The first kappa shape index (κ1) is 8.98. The normalized spacial score (nSPS) is 20.4. The molecule has 15 heavy (non-hydrogen) atoms. The van der Waals surface area contributed by atoms with E-state index in [2.05, 4.69) is 42.2 Å². The van der Waals surface area contributed by atoms with Gasteiger partial charge in [-0.05, 0) is 37.3 Å². The monoisotopic (exact) mass is 200 g/mol. The molecule has 3 N–H and O–H groups in total. The van der Waals surface area contributed by atoms with E-state index in [9.17, 15) is 0 Å². The molecule has 1 aliphatic rings. The van der Waals surface area contributed by atoms with Gasteiger partial charge < -0.3 is 10.7 Å². The van der Waals surface area contributed by atoms with Crippen molar-refractivity contribution in [3.05, 3.63) is 36.0 Å². The summed E-state index contributed by atoms with van der Waals surface area (Å²) in [4.78, 5) is 3.50. The van der Waals surface area contributed by atoms with E-state index in [-0.39, 0.29) is 11.5 Å². The Bertz CT molecular complexity index is 459. The quantitative estimate of drug-likeness (QED) is 0.768. The molecule has 1 saturated carbocycles. The van der Waals surface area contributed by atoms with Crippen molar-refractivity contribution in [2.75, 3.05) is 0 Å². The van der Waals surface area contributed by atoms with Crippen molar-refractivity contribution >= 4 is 10.9 Å². The molecule has 1 unspecified atom stereocenters. The number of H-pyrrole nitrogens is 1. The predicted octanol–water partition coefficient (Wildman–Crippen LogP) is 2.55. The highest BCUT2D eigenvalue weighted by Gasteiger charge is 2.48. The Morgan fingerprint density at radius 2 is 2.07 bits per heavy atom. The maximum absolute atomic E-state index is 6.07. The smallest absolute Gasteiger partial charge is 0.0456 e. The van der Waals surface area contributed by atoms with Crippen LogP contribution in [0.2, 0.25) is 0 Å². The van der Waals surface area contributed by atoms with Crippen molar-refractivity contribution in [1.29, 1.82) is 0 Å². The van der Waals surface area contributed by atoms with Gasteiger partial charge in [0.15, 0.2) is 0 Å². The lowest BCUT2D eigenvalue weighted by Gasteiger charge is -2.17. The van der Waals surface area contributed by atoms with Crippen LogP contribution in [0.1, 0.15) is 25.5 Å². The molecule has 2 heteroatoms. The van der Waals surface area contributed by atoms with Crippen LogP contribution in [-0.2, 0) is 5.41 Å². The summed E-state index contributed by atoms with van der Waals surface area (Å²) in [7, 11) is 0. The lowest BCUT2D eigenvalue weighted by Crippen LogP contribution is -2.31. The highest BCUT2D eigenvalue weighted by Crippen LogP contribution is 2.50. The second kappa shape index (κ2) is 2.86. The van der Waals surface area contributed by atoms with E-state index in [0.717, 1.165) is 0 Å². The molecule has 3 rings (SSSR count). The van der Waals surface area contributed by atoms with Gasteiger partial charge in [0.25, 0.3) is 0 Å². The summed E-state index contributed by atoms with van der Waals surface area (Å²) in [5.41, 5.74) is 8.84. The van der Waals surface area contributed by atoms with Gasteiger partial charge in [-0.2, -0.15) is 0 Å². The van der Waals surface area contributed by atoms with E-state index in [0.29, 0.717) is 0 Å². The molecule has 0 aliphatic heterocycles. The summed E-state index contributed by atoms with van der Waals surface area (Å²) in [5.74, 6) is 0. The summed E-state index contributed by atoms with van der Waals surface area (Å²) in [6.45, 7) is 2.11. The second-order valence-electron chi connectivity index (χ2n) is 4.72. The number of fused-ring (bicyclic) bond motifs is 1. The van der Waals surface area contributed by atoms with E-state index in [1.165, 1.54) is 29.4 Å². The minimum absolute atomic E-state index is 0.235. The summed E-state index contributed by atoms with van der Waals surface area (Å²) in [5, 5.41) is 1.29. The first-order valence-corrected chi connectivity index (χ1v) is 5.56. The van der Waals surface area contributed by atoms with Crippen molar-refractivity contribution in [2.24, 2.45) is 5.73 Å². The molecular formula is C13H16N2. The molecule has 1 fully saturated rings. The molecule has 0 spiro atoms. The van der Waals surface area contributed by atoms with Gasteiger partial charge in [0.1, 0.15) is 0 Å². The highest BCUT2D eigenvalue weighted by molar-refractivity contribution is 5.80. The zero-order valence-electron chi connectivity index (χ0n) is 8.96. The van der Waals surface area contributed by atoms with Crippen LogP contribution in [-0.4, -0.2) is 11.0 Å². The molecule has 78 valence electrons. The number of nitrogens with two attached hydrogens (primary N) is 1. The van der Waals surface area contributed by atoms with Crippen LogP contribution in [0.5, 0.6) is 0 Å². The Morgan fingerprint density at radius 3 is 2.67 bits per heavy atom. The van der Waals surface area contributed by atoms with E-state index in [1.807, 2.05) is 0 Å². The van der Waals surface area contributed by atoms with Crippen molar-refractivity contribution < 1.29 is 0 Å². The lowest BCUT2D eigenvalue weighted by molar-refractivity contribution is 0.546. The molecule has 1 aliphatic carbocycles. The fourth-order valence-electron chi connectivity index (χ4n) is 2.45. The number of aromatic nitrogens is 1. The van der Waals surface area contributed by atoms with Gasteiger partial charge in [-0.15, -0.1) is 0 Å². The summed E-state index contributed by atoms with van der Waals surface area (Å²) >= 11 is 0. The van der Waals surface area contributed by atoms with Gasteiger partial charge in [0.2, 0.25) is 0 Å². The van der Waals surface area contributed by atoms with Crippen molar-refractivity contribution in [1.82, 2.24) is 4.98 Å². The molecule has 1 aromatic heterocycles. The lowest BCUT2D eigenvalue weighted by atomic mass is 9.95. The zero-order chi connectivity index (χ0) is 10.5. The molecule has 2 aromatic rings. The topological polar surface area (TPSA) is 41.8 Å². The van der Waals surface area contributed by atoms with Gasteiger partial charge in [-0.25, -0.2) is 0 Å². The molecular weight excluding hydrogens is 184 g/mol. The Labute approximate surface area is 89.5 Å². The molecule has 0 amide bonds. The van der Waals surface area contributed by atoms with Crippen molar-refractivity contribution in [3.63, 3.8) is 0 Å². The van der Waals surface area contributed by atoms with Crippen LogP contribution in [0.15, 0.2) is 30.3 Å². The van der Waals surface area contributed by atoms with E-state index >= 15 is 0 Å². The third kappa shape index (κ3) is 1.21. The van der Waals surface area contributed by atoms with Gasteiger partial charge in [-0.1, -0.05) is 18.2 Å². The Balaban J connectivity index is 2.13. The number of hydrogen-bond acceptors (Lipinski definition) is 1. The van der Waals surface area contributed by atoms with Gasteiger partial charge in [0, 0.05) is 22.7 Å². The van der Waals surface area contributed by atoms with E-state index in [4.69, 9.17) is 5.73 Å². The minimum atomic E-state index is 0.235. The number of aromatic amines is 1. The predicted molar refractivity (Wildman–Crippen MR) is 62.9 cm³/mol. The summed E-state index contributed by atoms with van der Waals surface area (Å²) < 4.78 is 0. The van der Waals surface area contributed by atoms with E-state index in [1.54, 1.807) is 0 Å². The average Bonchev–Trinajstić information content (AvgIpc) is 2.93. The number of nitrogens with one attached hydrogen (secondary N) is 1. The van der Waals surface area contributed by atoms with Crippen LogP contribution < -0.4 is 5.73 Å². The number of hydrogen-bond donors (Lipinski definition) is 2. The van der Waals surface area contributed by atoms with Crippen LogP contribution in [0.25, 0.3) is 10.9 Å². The molecule has 1 heterocycles. The number of benzene rings is 1. The van der Waals surface area contributed by atoms with Crippen molar-refractivity contribution in [3.8, 4) is 0 Å². The largest absolute Gasteiger partial charge is 0.358 e. The maximum atomic E-state index is 6.07. The summed E-state index contributed by atoms with van der Waals surface area (Å²) in [6.07, 6.45) is 2.44. The maximum Gasteiger partial charge on any atom is 0.0456 e. The van der Waals surface area contributed by atoms with Gasteiger partial charge in [0.05, 0.1) is 0 Å². The van der Waals surface area contributed by atoms with Gasteiger partial charge in [-0.3, -0.25) is 0 Å². The average molecular weight is 200 g/mol. The fourth-order valence-corrected chi connectivity index (χ4v) is 2.45. The third-order valence-electron chi connectivity index (χ3n) is 3.73. The highest BCUT2D eigenvalue weighted by atomic mass is 14.8. The Hall–Kier alpha value is -1.28. The third-order valence-corrected chi connectivity index (χ3v) is 3.73. The zero-order valence-corrected chi connectivity index (χ0v) is 8.96. The SMILES string of the molecule is CC(N)C1(c2cc3ccccc3[nH]2)CC1. The van der Waals surface area contributed by atoms with E-state index < -0.39 is 0 Å². The van der Waals surface area contributed by atoms with Crippen molar-refractivity contribution in [2.45, 2.75) is 31.2 Å². The standard InChI is InChI=1S/C13H16N2/c1-9(14)13(6-7-13)12-8-10-4-2-3-5-11(10)15-12/h2-5,8-9,15H,6-7,14H2,1H3. The molecule has 2 nitrogen and oxygen atoms in total. The molecule has 0 bridgehead atoms. The minimum Gasteiger partial charge on any atom is -0.358 e. The van der Waals surface area contributed by atoms with Crippen LogP contribution in [0.4, 0.5) is 0 Å². The molecule has 1 atom stereocenters. The second-order valence-corrected chi connectivity index (χ2v) is 4.72. The van der Waals surface area contributed by atoms with Crippen LogP contribution in [0, 0.1) is 0 Å². The number of rotatable bonds is 2. The molecule has 0 saturated heterocycles. The fraction of sp³-hybridized carbons (Fsp3) is 0.385. The Kier molecular flexibility index (Phi) is 1.71. The van der Waals surface area contributed by atoms with Crippen LogP contribution in [0.3, 0.4) is 0 Å². The Morgan fingerprint density at radius 1 is 1.33 bits per heavy atom. The first-order valence-electron chi connectivity index (χ1n) is 5.56. The van der Waals surface area contributed by atoms with Gasteiger partial charge >= 0.3 is 0 Å². The summed E-state index contributed by atoms with van der Waals surface area (Å²) in [6, 6.07) is 10.9. The van der Waals surface area contributed by atoms with Crippen LogP contribution >= 0.6 is 0 Å². The molecule has 1 aromatic carbocycles.